The molecule has 0 radical (unpaired) electrons. The fourth-order valence-corrected chi connectivity index (χ4v) is 5.06. The smallest absolute Gasteiger partial charge is 0.248 e. The normalized spacial score (nSPS) is 12.0. The molecule has 0 spiro atoms. The molecule has 0 saturated carbocycles. The first kappa shape index (κ1) is 16.5. The van der Waals surface area contributed by atoms with E-state index >= 15 is 0 Å². The fourth-order valence-electron chi connectivity index (χ4n) is 1.67. The summed E-state index contributed by atoms with van der Waals surface area (Å²) in [7, 11) is 4.33. The maximum atomic E-state index is 12.4. The molecule has 2 heterocycles. The van der Waals surface area contributed by atoms with Gasteiger partial charge >= 0.3 is 6.18 Å². The van der Waals surface area contributed by atoms with E-state index in [-0.39, 0.29) is 0 Å². The van der Waals surface area contributed by atoms with Gasteiger partial charge in [-0.05, 0) is 60.8 Å². The Hall–Kier alpha value is -1.39. The van der Waals surface area contributed by atoms with Gasteiger partial charge in [0.25, 0.3) is 0 Å². The van der Waals surface area contributed by atoms with E-state index in [4.69, 9.17) is 0 Å². The van der Waals surface area contributed by atoms with Gasteiger partial charge in [0.1, 0.15) is 16.1 Å². The molecule has 0 N–H and O–H groups in total. The van der Waals surface area contributed by atoms with E-state index in [0.29, 0.717) is 16.1 Å². The van der Waals surface area contributed by atoms with Gasteiger partial charge < -0.3 is 0 Å². The highest BCUT2D eigenvalue weighted by Crippen LogP contribution is 2.41. The second-order valence-electron chi connectivity index (χ2n) is 4.38. The quantitative estimate of drug-likeness (QED) is 0.447. The van der Waals surface area contributed by atoms with Gasteiger partial charge in [-0.15, -0.1) is 0 Å². The van der Waals surface area contributed by atoms with Gasteiger partial charge in [0.15, 0.2) is 0 Å². The molecule has 4 nitrogen and oxygen atoms in total. The summed E-state index contributed by atoms with van der Waals surface area (Å²) in [4.78, 5) is 3.80. The van der Waals surface area contributed by atoms with Gasteiger partial charge in [0, 0.05) is 11.9 Å². The maximum absolute atomic E-state index is 12.4. The number of hydrogen-bond acceptors (Lipinski definition) is 7. The monoisotopic (exact) mass is 375 g/mol. The number of pyridine rings is 1. The molecule has 0 saturated heterocycles. The Morgan fingerprint density at radius 1 is 1.04 bits per heavy atom. The molecule has 0 unspecified atom stereocenters. The molecule has 3 aromatic rings. The summed E-state index contributed by atoms with van der Waals surface area (Å²) < 4.78 is 41.9. The summed E-state index contributed by atoms with van der Waals surface area (Å²) >= 11 is 0. The van der Waals surface area contributed by atoms with E-state index in [2.05, 4.69) is 19.9 Å². The standard InChI is InChI=1S/C13H8F3N3OS3/c14-13(15,16)9-2-4-12(17-6-9)22-23-21-7-8-1-3-10-11(5-8)19-20-18-10/h1-6H,7H2. The number of rotatable bonds is 5. The van der Waals surface area contributed by atoms with E-state index in [1.165, 1.54) is 26.7 Å². The number of halogens is 3. The lowest BCUT2D eigenvalue weighted by atomic mass is 10.2. The van der Waals surface area contributed by atoms with Crippen molar-refractivity contribution in [3.05, 3.63) is 47.7 Å². The average Bonchev–Trinajstić information content (AvgIpc) is 2.99. The number of nitrogens with zero attached hydrogens (tertiary/aromatic N) is 3. The number of benzene rings is 1. The molecular formula is C13H8F3N3OS3. The van der Waals surface area contributed by atoms with Crippen molar-refractivity contribution in [2.45, 2.75) is 17.0 Å². The van der Waals surface area contributed by atoms with Gasteiger partial charge in [0.05, 0.1) is 5.56 Å². The summed E-state index contributed by atoms with van der Waals surface area (Å²) in [5.74, 6) is 0.723. The molecule has 0 amide bonds. The predicted molar refractivity (Wildman–Crippen MR) is 85.8 cm³/mol. The minimum atomic E-state index is -4.35. The van der Waals surface area contributed by atoms with Crippen LogP contribution in [-0.2, 0) is 11.9 Å². The number of fused-ring (bicyclic) bond motifs is 1. The third-order valence-electron chi connectivity index (χ3n) is 2.77. The van der Waals surface area contributed by atoms with Crippen LogP contribution in [0.15, 0.2) is 46.2 Å². The molecule has 2 aromatic heterocycles. The minimum Gasteiger partial charge on any atom is -0.248 e. The van der Waals surface area contributed by atoms with Crippen molar-refractivity contribution >= 4 is 42.4 Å². The Balaban J connectivity index is 1.49. The lowest BCUT2D eigenvalue weighted by molar-refractivity contribution is -0.137. The van der Waals surface area contributed by atoms with Crippen molar-refractivity contribution in [2.24, 2.45) is 0 Å². The van der Waals surface area contributed by atoms with Gasteiger partial charge in [-0.25, -0.2) is 9.61 Å². The van der Waals surface area contributed by atoms with E-state index in [0.717, 1.165) is 23.6 Å². The van der Waals surface area contributed by atoms with Crippen LogP contribution in [-0.4, -0.2) is 15.3 Å². The Bertz CT molecular complexity index is 792. The van der Waals surface area contributed by atoms with Crippen LogP contribution in [0.5, 0.6) is 0 Å². The lowest BCUT2D eigenvalue weighted by Crippen LogP contribution is -2.04. The van der Waals surface area contributed by atoms with Crippen LogP contribution >= 0.6 is 31.4 Å². The van der Waals surface area contributed by atoms with E-state index in [9.17, 15) is 13.2 Å². The van der Waals surface area contributed by atoms with E-state index in [1.54, 1.807) is 10.8 Å². The van der Waals surface area contributed by atoms with Crippen LogP contribution in [0.3, 0.4) is 0 Å². The van der Waals surface area contributed by atoms with Gasteiger partial charge in [0.2, 0.25) is 0 Å². The summed E-state index contributed by atoms with van der Waals surface area (Å²) in [5, 5.41) is 8.04. The Kier molecular flexibility index (Phi) is 5.02. The van der Waals surface area contributed by atoms with E-state index < -0.39 is 11.7 Å². The zero-order valence-electron chi connectivity index (χ0n) is 11.3. The van der Waals surface area contributed by atoms with Crippen molar-refractivity contribution in [1.29, 1.82) is 0 Å². The van der Waals surface area contributed by atoms with Gasteiger partial charge in [-0.2, -0.15) is 13.2 Å². The molecular weight excluding hydrogens is 367 g/mol. The number of aromatic nitrogens is 3. The van der Waals surface area contributed by atoms with Gasteiger partial charge in [-0.1, -0.05) is 16.9 Å². The summed E-state index contributed by atoms with van der Waals surface area (Å²) in [6.07, 6.45) is -3.51. The minimum absolute atomic E-state index is 0.534. The Labute approximate surface area is 140 Å². The molecule has 0 aliphatic rings. The summed E-state index contributed by atoms with van der Waals surface area (Å²) in [6, 6.07) is 8.05. The lowest BCUT2D eigenvalue weighted by Gasteiger charge is -2.06. The van der Waals surface area contributed by atoms with E-state index in [1.807, 2.05) is 18.2 Å². The molecule has 0 atom stereocenters. The molecule has 0 aliphatic carbocycles. The topological polar surface area (TPSA) is 51.8 Å². The van der Waals surface area contributed by atoms with Crippen molar-refractivity contribution in [3.63, 3.8) is 0 Å². The first-order valence-corrected chi connectivity index (χ1v) is 9.88. The first-order chi connectivity index (χ1) is 11.0. The third-order valence-corrected chi connectivity index (χ3v) is 6.64. The summed E-state index contributed by atoms with van der Waals surface area (Å²) in [6.45, 7) is 0. The van der Waals surface area contributed by atoms with Crippen LogP contribution in [0.2, 0.25) is 0 Å². The maximum Gasteiger partial charge on any atom is 0.417 e. The fraction of sp³-hybridized carbons (Fsp3) is 0.154. The Morgan fingerprint density at radius 2 is 1.87 bits per heavy atom. The van der Waals surface area contributed by atoms with Crippen LogP contribution < -0.4 is 0 Å². The van der Waals surface area contributed by atoms with Crippen molar-refractivity contribution < 1.29 is 17.8 Å². The zero-order valence-corrected chi connectivity index (χ0v) is 13.7. The molecule has 23 heavy (non-hydrogen) atoms. The van der Waals surface area contributed by atoms with Crippen LogP contribution in [0.4, 0.5) is 13.2 Å². The summed E-state index contributed by atoms with van der Waals surface area (Å²) in [5.41, 5.74) is 1.72. The molecule has 3 rings (SSSR count). The number of alkyl halides is 3. The van der Waals surface area contributed by atoms with Crippen LogP contribution in [0.25, 0.3) is 11.0 Å². The highest BCUT2D eigenvalue weighted by Gasteiger charge is 2.30. The SMILES string of the molecule is FC(F)(F)c1ccc(SSSCc2ccc3nonc3c2)nc1. The van der Waals surface area contributed by atoms with Crippen molar-refractivity contribution in [3.8, 4) is 0 Å². The Morgan fingerprint density at radius 3 is 2.61 bits per heavy atom. The van der Waals surface area contributed by atoms with Crippen molar-refractivity contribution in [1.82, 2.24) is 15.3 Å². The molecule has 0 bridgehead atoms. The number of hydrogen-bond donors (Lipinski definition) is 0. The molecule has 120 valence electrons. The highest BCUT2D eigenvalue weighted by molar-refractivity contribution is 9.09. The zero-order chi connectivity index (χ0) is 16.3. The van der Waals surface area contributed by atoms with Crippen LogP contribution in [0.1, 0.15) is 11.1 Å². The molecule has 10 heteroatoms. The molecule has 1 aromatic carbocycles. The molecule has 0 aliphatic heterocycles. The second kappa shape index (κ2) is 7.02. The average molecular weight is 375 g/mol. The predicted octanol–water partition coefficient (Wildman–Crippen LogP) is 5.23. The first-order valence-electron chi connectivity index (χ1n) is 6.23. The van der Waals surface area contributed by atoms with Crippen molar-refractivity contribution in [2.75, 3.05) is 0 Å². The largest absolute Gasteiger partial charge is 0.417 e. The third kappa shape index (κ3) is 4.33. The van der Waals surface area contributed by atoms with Gasteiger partial charge in [-0.3, -0.25) is 0 Å². The highest BCUT2D eigenvalue weighted by atomic mass is 33.5. The molecule has 0 fully saturated rings. The van der Waals surface area contributed by atoms with Crippen LogP contribution in [0, 0.1) is 0 Å². The second-order valence-corrected chi connectivity index (χ2v) is 8.47.